The van der Waals surface area contributed by atoms with Gasteiger partial charge in [-0.05, 0) is 18.9 Å². The van der Waals surface area contributed by atoms with Gasteiger partial charge >= 0.3 is 0 Å². The predicted molar refractivity (Wildman–Crippen MR) is 69.0 cm³/mol. The average Bonchev–Trinajstić information content (AvgIpc) is 2.84. The number of carbonyl (C=O) groups is 1. The van der Waals surface area contributed by atoms with Crippen molar-refractivity contribution in [2.45, 2.75) is 19.3 Å². The number of para-hydroxylation sites is 1. The second kappa shape index (κ2) is 4.78. The summed E-state index contributed by atoms with van der Waals surface area (Å²) in [6, 6.07) is 7.66. The fourth-order valence-electron chi connectivity index (χ4n) is 2.34. The van der Waals surface area contributed by atoms with E-state index in [1.54, 1.807) is 0 Å². The molecule has 0 atom stereocenters. The normalized spacial score (nSPS) is 16.9. The van der Waals surface area contributed by atoms with Crippen LogP contribution in [0.5, 0.6) is 0 Å². The lowest BCUT2D eigenvalue weighted by molar-refractivity contribution is 0.0746. The molecule has 3 rings (SSSR count). The number of rotatable bonds is 2. The fraction of sp³-hybridized carbons (Fsp3) is 0.385. The predicted octanol–water partition coefficient (Wildman–Crippen LogP) is 1.69. The Morgan fingerprint density at radius 3 is 2.83 bits per heavy atom. The minimum Gasteiger partial charge on any atom is -0.283 e. The van der Waals surface area contributed by atoms with Crippen LogP contribution in [0.2, 0.25) is 0 Å². The van der Waals surface area contributed by atoms with Gasteiger partial charge in [0.15, 0.2) is 5.69 Å². The van der Waals surface area contributed by atoms with Crippen LogP contribution in [-0.2, 0) is 0 Å². The van der Waals surface area contributed by atoms with Crippen molar-refractivity contribution in [2.24, 2.45) is 0 Å². The SMILES string of the molecule is O=C(NN1CCCCC1)c1n[nH]c2ccccc12. The molecule has 2 aromatic rings. The van der Waals surface area contributed by atoms with Crippen LogP contribution < -0.4 is 5.43 Å². The van der Waals surface area contributed by atoms with Gasteiger partial charge in [0.05, 0.1) is 5.52 Å². The van der Waals surface area contributed by atoms with Crippen LogP contribution in [0.4, 0.5) is 0 Å². The second-order valence-corrected chi connectivity index (χ2v) is 4.61. The maximum atomic E-state index is 12.2. The lowest BCUT2D eigenvalue weighted by atomic mass is 10.2. The molecule has 0 spiro atoms. The number of nitrogens with zero attached hydrogens (tertiary/aromatic N) is 2. The van der Waals surface area contributed by atoms with E-state index >= 15 is 0 Å². The molecule has 5 nitrogen and oxygen atoms in total. The highest BCUT2D eigenvalue weighted by Crippen LogP contribution is 2.15. The van der Waals surface area contributed by atoms with Gasteiger partial charge in [-0.1, -0.05) is 24.6 Å². The van der Waals surface area contributed by atoms with Crippen LogP contribution in [0.15, 0.2) is 24.3 Å². The number of H-pyrrole nitrogens is 1. The molecule has 2 N–H and O–H groups in total. The van der Waals surface area contributed by atoms with E-state index in [-0.39, 0.29) is 5.91 Å². The maximum absolute atomic E-state index is 12.2. The highest BCUT2D eigenvalue weighted by Gasteiger charge is 2.17. The van der Waals surface area contributed by atoms with Gasteiger partial charge in [-0.15, -0.1) is 0 Å². The number of aromatic nitrogens is 2. The smallest absolute Gasteiger partial charge is 0.283 e. The van der Waals surface area contributed by atoms with Crippen molar-refractivity contribution in [2.75, 3.05) is 13.1 Å². The summed E-state index contributed by atoms with van der Waals surface area (Å²) in [5, 5.41) is 9.82. The van der Waals surface area contributed by atoms with Crippen molar-refractivity contribution in [1.29, 1.82) is 0 Å². The van der Waals surface area contributed by atoms with Gasteiger partial charge in [0, 0.05) is 18.5 Å². The zero-order valence-electron chi connectivity index (χ0n) is 10.1. The molecule has 0 unspecified atom stereocenters. The maximum Gasteiger partial charge on any atom is 0.286 e. The quantitative estimate of drug-likeness (QED) is 0.845. The molecule has 1 aromatic carbocycles. The number of benzene rings is 1. The Hall–Kier alpha value is -1.88. The van der Waals surface area contributed by atoms with Gasteiger partial charge < -0.3 is 0 Å². The number of piperidine rings is 1. The van der Waals surface area contributed by atoms with Gasteiger partial charge in [-0.2, -0.15) is 5.10 Å². The van der Waals surface area contributed by atoms with Crippen molar-refractivity contribution in [1.82, 2.24) is 20.6 Å². The van der Waals surface area contributed by atoms with Crippen LogP contribution in [0.3, 0.4) is 0 Å². The molecule has 0 saturated carbocycles. The standard InChI is InChI=1S/C13H16N4O/c18-13(16-17-8-4-1-5-9-17)12-10-6-2-3-7-11(10)14-15-12/h2-3,6-7H,1,4-5,8-9H2,(H,14,15)(H,16,18). The molecule has 1 fully saturated rings. The Balaban J connectivity index is 1.79. The zero-order chi connectivity index (χ0) is 12.4. The summed E-state index contributed by atoms with van der Waals surface area (Å²) in [7, 11) is 0. The molecule has 1 aliphatic rings. The topological polar surface area (TPSA) is 61.0 Å². The van der Waals surface area contributed by atoms with E-state index in [0.717, 1.165) is 36.8 Å². The lowest BCUT2D eigenvalue weighted by Crippen LogP contribution is -2.45. The van der Waals surface area contributed by atoms with E-state index in [1.165, 1.54) is 6.42 Å². The Kier molecular flexibility index (Phi) is 2.98. The number of fused-ring (bicyclic) bond motifs is 1. The van der Waals surface area contributed by atoms with Crippen molar-refractivity contribution < 1.29 is 4.79 Å². The number of hydrogen-bond donors (Lipinski definition) is 2. The van der Waals surface area contributed by atoms with E-state index in [1.807, 2.05) is 29.3 Å². The van der Waals surface area contributed by atoms with Crippen molar-refractivity contribution in [3.63, 3.8) is 0 Å². The third kappa shape index (κ3) is 2.09. The number of nitrogens with one attached hydrogen (secondary N) is 2. The molecule has 1 aliphatic heterocycles. The van der Waals surface area contributed by atoms with E-state index in [9.17, 15) is 4.79 Å². The first-order valence-electron chi connectivity index (χ1n) is 6.33. The van der Waals surface area contributed by atoms with Crippen LogP contribution in [0, 0.1) is 0 Å². The third-order valence-electron chi connectivity index (χ3n) is 3.30. The van der Waals surface area contributed by atoms with Crippen LogP contribution >= 0.6 is 0 Å². The molecular weight excluding hydrogens is 228 g/mol. The van der Waals surface area contributed by atoms with Crippen molar-refractivity contribution in [3.05, 3.63) is 30.0 Å². The number of hydrazine groups is 1. The van der Waals surface area contributed by atoms with E-state index in [4.69, 9.17) is 0 Å². The molecular formula is C13H16N4O. The van der Waals surface area contributed by atoms with E-state index in [0.29, 0.717) is 5.69 Å². The highest BCUT2D eigenvalue weighted by atomic mass is 16.2. The summed E-state index contributed by atoms with van der Waals surface area (Å²) in [5.41, 5.74) is 4.28. The van der Waals surface area contributed by atoms with Gasteiger partial charge in [0.1, 0.15) is 0 Å². The van der Waals surface area contributed by atoms with E-state index in [2.05, 4.69) is 15.6 Å². The molecule has 0 aliphatic carbocycles. The Labute approximate surface area is 105 Å². The summed E-state index contributed by atoms with van der Waals surface area (Å²) in [5.74, 6) is -0.130. The van der Waals surface area contributed by atoms with Crippen molar-refractivity contribution >= 4 is 16.8 Å². The Morgan fingerprint density at radius 2 is 2.00 bits per heavy atom. The first kappa shape index (κ1) is 11.2. The summed E-state index contributed by atoms with van der Waals surface area (Å²) in [4.78, 5) is 12.2. The molecule has 2 heterocycles. The first-order chi connectivity index (χ1) is 8.84. The molecule has 1 amide bonds. The molecule has 0 bridgehead atoms. The average molecular weight is 244 g/mol. The zero-order valence-corrected chi connectivity index (χ0v) is 10.1. The third-order valence-corrected chi connectivity index (χ3v) is 3.30. The molecule has 0 radical (unpaired) electrons. The minimum absolute atomic E-state index is 0.130. The Bertz CT molecular complexity index is 557. The Morgan fingerprint density at radius 1 is 1.22 bits per heavy atom. The van der Waals surface area contributed by atoms with Gasteiger partial charge in [0.2, 0.25) is 0 Å². The molecule has 1 aromatic heterocycles. The molecule has 18 heavy (non-hydrogen) atoms. The van der Waals surface area contributed by atoms with Gasteiger partial charge in [0.25, 0.3) is 5.91 Å². The summed E-state index contributed by atoms with van der Waals surface area (Å²) < 4.78 is 0. The van der Waals surface area contributed by atoms with Crippen LogP contribution in [0.25, 0.3) is 10.9 Å². The van der Waals surface area contributed by atoms with Gasteiger partial charge in [-0.25, -0.2) is 5.01 Å². The summed E-state index contributed by atoms with van der Waals surface area (Å²) in [6.45, 7) is 1.85. The minimum atomic E-state index is -0.130. The molecule has 1 saturated heterocycles. The number of aromatic amines is 1. The first-order valence-corrected chi connectivity index (χ1v) is 6.33. The van der Waals surface area contributed by atoms with Crippen LogP contribution in [0.1, 0.15) is 29.8 Å². The highest BCUT2D eigenvalue weighted by molar-refractivity contribution is 6.04. The molecule has 94 valence electrons. The van der Waals surface area contributed by atoms with E-state index < -0.39 is 0 Å². The summed E-state index contributed by atoms with van der Waals surface area (Å²) in [6.07, 6.45) is 3.53. The van der Waals surface area contributed by atoms with Crippen molar-refractivity contribution in [3.8, 4) is 0 Å². The largest absolute Gasteiger partial charge is 0.286 e. The summed E-state index contributed by atoms with van der Waals surface area (Å²) >= 11 is 0. The number of amides is 1. The molecule has 5 heteroatoms. The second-order valence-electron chi connectivity index (χ2n) is 4.61. The fourth-order valence-corrected chi connectivity index (χ4v) is 2.34. The number of carbonyl (C=O) groups excluding carboxylic acids is 1. The monoisotopic (exact) mass is 244 g/mol. The van der Waals surface area contributed by atoms with Crippen LogP contribution in [-0.4, -0.2) is 34.2 Å². The lowest BCUT2D eigenvalue weighted by Gasteiger charge is -2.26. The van der Waals surface area contributed by atoms with Gasteiger partial charge in [-0.3, -0.25) is 15.3 Å². The number of hydrogen-bond acceptors (Lipinski definition) is 3.